The zero-order valence-corrected chi connectivity index (χ0v) is 23.0. The Morgan fingerprint density at radius 2 is 2.00 bits per heavy atom. The first-order valence-electron chi connectivity index (χ1n) is 13.3. The van der Waals surface area contributed by atoms with Crippen LogP contribution in [0.25, 0.3) is 10.9 Å². The Bertz CT molecular complexity index is 1520. The summed E-state index contributed by atoms with van der Waals surface area (Å²) in [6.07, 6.45) is 5.45. The largest absolute Gasteiger partial charge is 0.489 e. The van der Waals surface area contributed by atoms with Crippen LogP contribution in [0.4, 0.5) is 21.6 Å². The lowest BCUT2D eigenvalue weighted by Crippen LogP contribution is -2.18. The predicted molar refractivity (Wildman–Crippen MR) is 156 cm³/mol. The van der Waals surface area contributed by atoms with E-state index in [0.29, 0.717) is 53.7 Å². The molecule has 4 aromatic rings. The molecule has 0 aliphatic carbocycles. The van der Waals surface area contributed by atoms with E-state index in [1.54, 1.807) is 12.1 Å². The van der Waals surface area contributed by atoms with Gasteiger partial charge in [0.15, 0.2) is 0 Å². The van der Waals surface area contributed by atoms with E-state index in [9.17, 15) is 9.18 Å². The number of nitrogens with zero attached hydrogens (tertiary/aromatic N) is 3. The average molecular weight is 558 g/mol. The highest BCUT2D eigenvalue weighted by Gasteiger charge is 2.20. The minimum absolute atomic E-state index is 0.103. The summed E-state index contributed by atoms with van der Waals surface area (Å²) >= 11 is 0. The number of hydrogen-bond acceptors (Lipinski definition) is 8. The molecule has 2 heterocycles. The summed E-state index contributed by atoms with van der Waals surface area (Å²) in [5, 5.41) is 6.98. The lowest BCUT2D eigenvalue weighted by molar-refractivity contribution is -0.111. The Kier molecular flexibility index (Phi) is 9.02. The molecule has 0 spiro atoms. The van der Waals surface area contributed by atoms with Crippen LogP contribution in [-0.2, 0) is 16.1 Å². The third-order valence-corrected chi connectivity index (χ3v) is 6.33. The number of hydrogen-bond donors (Lipinski definition) is 2. The van der Waals surface area contributed by atoms with Crippen LogP contribution in [0.5, 0.6) is 11.5 Å². The van der Waals surface area contributed by atoms with Crippen LogP contribution in [0.1, 0.15) is 12.0 Å². The first kappa shape index (κ1) is 28.0. The molecule has 1 fully saturated rings. The number of halogens is 1. The van der Waals surface area contributed by atoms with Crippen LogP contribution >= 0.6 is 0 Å². The van der Waals surface area contributed by atoms with Crippen molar-refractivity contribution >= 4 is 34.0 Å². The number of fused-ring (bicyclic) bond motifs is 1. The molecule has 0 radical (unpaired) electrons. The molecular weight excluding hydrogens is 525 g/mol. The van der Waals surface area contributed by atoms with Gasteiger partial charge in [0.25, 0.3) is 0 Å². The molecule has 0 saturated carbocycles. The first-order chi connectivity index (χ1) is 19.9. The molecule has 1 aliphatic heterocycles. The molecule has 41 heavy (non-hydrogen) atoms. The fourth-order valence-corrected chi connectivity index (χ4v) is 4.27. The highest BCUT2D eigenvalue weighted by Crippen LogP contribution is 2.35. The minimum atomic E-state index is -0.294. The third kappa shape index (κ3) is 7.77. The highest BCUT2D eigenvalue weighted by atomic mass is 19.1. The van der Waals surface area contributed by atoms with Gasteiger partial charge in [-0.05, 0) is 62.1 Å². The van der Waals surface area contributed by atoms with E-state index >= 15 is 0 Å². The first-order valence-corrected chi connectivity index (χ1v) is 13.3. The lowest BCUT2D eigenvalue weighted by Gasteiger charge is -2.17. The van der Waals surface area contributed by atoms with Gasteiger partial charge in [0.2, 0.25) is 5.91 Å². The number of carbonyl (C=O) groups excluding carboxylic acids is 1. The van der Waals surface area contributed by atoms with Gasteiger partial charge in [-0.3, -0.25) is 4.79 Å². The van der Waals surface area contributed by atoms with E-state index in [-0.39, 0.29) is 24.4 Å². The van der Waals surface area contributed by atoms with Gasteiger partial charge in [0, 0.05) is 36.2 Å². The molecule has 1 amide bonds. The summed E-state index contributed by atoms with van der Waals surface area (Å²) in [5.74, 6) is 1.18. The van der Waals surface area contributed by atoms with Gasteiger partial charge in [0.05, 0.1) is 24.4 Å². The number of nitrogens with one attached hydrogen (secondary N) is 2. The maximum atomic E-state index is 13.4. The monoisotopic (exact) mass is 557 g/mol. The topological polar surface area (TPSA) is 97.8 Å². The molecule has 1 aliphatic rings. The van der Waals surface area contributed by atoms with E-state index in [1.807, 2.05) is 61.5 Å². The van der Waals surface area contributed by atoms with Crippen molar-refractivity contribution < 1.29 is 23.4 Å². The Balaban J connectivity index is 1.35. The van der Waals surface area contributed by atoms with E-state index < -0.39 is 0 Å². The van der Waals surface area contributed by atoms with Crippen LogP contribution in [0.15, 0.2) is 79.1 Å². The van der Waals surface area contributed by atoms with E-state index in [1.165, 1.54) is 24.5 Å². The van der Waals surface area contributed by atoms with Crippen LogP contribution in [0.2, 0.25) is 0 Å². The van der Waals surface area contributed by atoms with Gasteiger partial charge in [0.1, 0.15) is 42.2 Å². The minimum Gasteiger partial charge on any atom is -0.489 e. The van der Waals surface area contributed by atoms with E-state index in [2.05, 4.69) is 20.6 Å². The zero-order valence-electron chi connectivity index (χ0n) is 23.0. The van der Waals surface area contributed by atoms with Gasteiger partial charge in [-0.2, -0.15) is 0 Å². The molecule has 1 aromatic heterocycles. The molecule has 2 N–H and O–H groups in total. The molecular formula is C31H32FN5O4. The second-order valence-electron chi connectivity index (χ2n) is 9.91. The number of likely N-dealkylation sites (N-methyl/N-ethyl adjacent to an activating group) is 1. The number of aromatic nitrogens is 2. The standard InChI is InChI=1S/C31H32FN5O4/c1-37(2)13-4-7-30(38)36-28-16-26-27(17-29(28)41-25-12-14-39-19-25)33-20-34-31(26)35-23-8-10-24(11-9-23)40-18-21-5-3-6-22(32)15-21/h3-11,15-17,20,25H,12-14,18-19H2,1-2H3,(H,36,38)(H,33,34,35). The number of benzene rings is 3. The molecule has 5 rings (SSSR count). The van der Waals surface area contributed by atoms with Crippen LogP contribution in [0, 0.1) is 5.82 Å². The average Bonchev–Trinajstić information content (AvgIpc) is 3.46. The molecule has 1 atom stereocenters. The summed E-state index contributed by atoms with van der Waals surface area (Å²) < 4.78 is 30.9. The molecule has 0 bridgehead atoms. The van der Waals surface area contributed by atoms with E-state index in [4.69, 9.17) is 14.2 Å². The van der Waals surface area contributed by atoms with Crippen molar-refractivity contribution in [3.63, 3.8) is 0 Å². The third-order valence-electron chi connectivity index (χ3n) is 6.33. The Morgan fingerprint density at radius 3 is 2.76 bits per heavy atom. The second-order valence-corrected chi connectivity index (χ2v) is 9.91. The number of rotatable bonds is 11. The van der Waals surface area contributed by atoms with Crippen LogP contribution < -0.4 is 20.1 Å². The van der Waals surface area contributed by atoms with Crippen LogP contribution in [-0.4, -0.2) is 60.7 Å². The van der Waals surface area contributed by atoms with Gasteiger partial charge < -0.3 is 29.7 Å². The summed E-state index contributed by atoms with van der Waals surface area (Å²) in [6.45, 7) is 2.03. The highest BCUT2D eigenvalue weighted by molar-refractivity contribution is 6.03. The number of carbonyl (C=O) groups is 1. The van der Waals surface area contributed by atoms with Crippen molar-refractivity contribution in [2.24, 2.45) is 0 Å². The zero-order chi connectivity index (χ0) is 28.6. The Labute approximate surface area is 238 Å². The normalized spacial score (nSPS) is 15.0. The number of ether oxygens (including phenoxy) is 3. The van der Waals surface area contributed by atoms with Crippen molar-refractivity contribution in [1.82, 2.24) is 14.9 Å². The molecule has 3 aromatic carbocycles. The summed E-state index contributed by atoms with van der Waals surface area (Å²) in [4.78, 5) is 23.6. The second kappa shape index (κ2) is 13.2. The smallest absolute Gasteiger partial charge is 0.248 e. The SMILES string of the molecule is CN(C)CC=CC(=O)Nc1cc2c(Nc3ccc(OCc4cccc(F)c4)cc3)ncnc2cc1OC1CCOC1. The molecule has 10 heteroatoms. The maximum absolute atomic E-state index is 13.4. The van der Waals surface area contributed by atoms with Crippen molar-refractivity contribution in [2.75, 3.05) is 44.5 Å². The van der Waals surface area contributed by atoms with E-state index in [0.717, 1.165) is 17.7 Å². The molecule has 1 unspecified atom stereocenters. The predicted octanol–water partition coefficient (Wildman–Crippen LogP) is 5.32. The number of anilines is 3. The lowest BCUT2D eigenvalue weighted by atomic mass is 10.1. The van der Waals surface area contributed by atoms with Crippen LogP contribution in [0.3, 0.4) is 0 Å². The fourth-order valence-electron chi connectivity index (χ4n) is 4.27. The molecule has 212 valence electrons. The van der Waals surface area contributed by atoms with Crippen molar-refractivity contribution in [3.8, 4) is 11.5 Å². The Morgan fingerprint density at radius 1 is 1.15 bits per heavy atom. The molecule has 1 saturated heterocycles. The summed E-state index contributed by atoms with van der Waals surface area (Å²) in [7, 11) is 3.87. The Hall–Kier alpha value is -4.54. The summed E-state index contributed by atoms with van der Waals surface area (Å²) in [6, 6.07) is 17.3. The fraction of sp³-hybridized carbons (Fsp3) is 0.258. The van der Waals surface area contributed by atoms with Gasteiger partial charge in [-0.15, -0.1) is 0 Å². The van der Waals surface area contributed by atoms with Gasteiger partial charge in [-0.1, -0.05) is 18.2 Å². The van der Waals surface area contributed by atoms with Gasteiger partial charge in [-0.25, -0.2) is 14.4 Å². The van der Waals surface area contributed by atoms with Crippen molar-refractivity contribution in [3.05, 3.63) is 90.5 Å². The number of amides is 1. The van der Waals surface area contributed by atoms with Crippen molar-refractivity contribution in [2.45, 2.75) is 19.1 Å². The van der Waals surface area contributed by atoms with Crippen molar-refractivity contribution in [1.29, 1.82) is 0 Å². The van der Waals surface area contributed by atoms with Gasteiger partial charge >= 0.3 is 0 Å². The summed E-state index contributed by atoms with van der Waals surface area (Å²) in [5.41, 5.74) is 2.71. The maximum Gasteiger partial charge on any atom is 0.248 e. The molecule has 9 nitrogen and oxygen atoms in total. The quantitative estimate of drug-likeness (QED) is 0.239.